The van der Waals surface area contributed by atoms with Gasteiger partial charge in [-0.3, -0.25) is 4.57 Å². The van der Waals surface area contributed by atoms with Gasteiger partial charge in [0, 0.05) is 23.0 Å². The molecule has 2 aromatic heterocycles. The van der Waals surface area contributed by atoms with E-state index in [0.717, 1.165) is 32.9 Å². The standard InChI is InChI=1S/C15H13BrClN3O/c1-21-13-5-4-10(16)9-12(13)20-14(6-7-17)19-11-3-2-8-18-15(11)20/h2-5,8-9H,6-7H2,1H3. The summed E-state index contributed by atoms with van der Waals surface area (Å²) in [5, 5.41) is 0. The number of benzene rings is 1. The molecule has 0 saturated carbocycles. The lowest BCUT2D eigenvalue weighted by molar-refractivity contribution is 0.412. The number of nitrogens with zero attached hydrogens (tertiary/aromatic N) is 3. The number of ether oxygens (including phenoxy) is 1. The second-order valence-corrected chi connectivity index (χ2v) is 5.76. The zero-order valence-electron chi connectivity index (χ0n) is 11.4. The van der Waals surface area contributed by atoms with Crippen LogP contribution in [0.5, 0.6) is 5.75 Å². The lowest BCUT2D eigenvalue weighted by atomic mass is 10.2. The molecule has 0 bridgehead atoms. The number of imidazole rings is 1. The number of halogens is 2. The first-order valence-corrected chi connectivity index (χ1v) is 7.79. The molecule has 0 radical (unpaired) electrons. The number of aromatic nitrogens is 3. The molecule has 0 amide bonds. The Kier molecular flexibility index (Phi) is 4.12. The average Bonchev–Trinajstić information content (AvgIpc) is 2.85. The van der Waals surface area contributed by atoms with Crippen LogP contribution in [-0.2, 0) is 6.42 Å². The Morgan fingerprint density at radius 1 is 1.33 bits per heavy atom. The highest BCUT2D eigenvalue weighted by Crippen LogP contribution is 2.30. The predicted octanol–water partition coefficient (Wildman–Crippen LogP) is 3.97. The van der Waals surface area contributed by atoms with Gasteiger partial charge in [0.25, 0.3) is 0 Å². The summed E-state index contributed by atoms with van der Waals surface area (Å²) in [5.74, 6) is 2.13. The lowest BCUT2D eigenvalue weighted by Gasteiger charge is -2.13. The molecule has 21 heavy (non-hydrogen) atoms. The van der Waals surface area contributed by atoms with Crippen LogP contribution in [-0.4, -0.2) is 27.5 Å². The van der Waals surface area contributed by atoms with Crippen LogP contribution in [0.15, 0.2) is 41.0 Å². The van der Waals surface area contributed by atoms with Crippen molar-refractivity contribution in [2.75, 3.05) is 13.0 Å². The van der Waals surface area contributed by atoms with E-state index in [1.165, 1.54) is 0 Å². The summed E-state index contributed by atoms with van der Waals surface area (Å²) >= 11 is 9.42. The van der Waals surface area contributed by atoms with Crippen LogP contribution >= 0.6 is 27.5 Å². The van der Waals surface area contributed by atoms with Gasteiger partial charge in [-0.2, -0.15) is 0 Å². The van der Waals surface area contributed by atoms with E-state index in [0.29, 0.717) is 12.3 Å². The van der Waals surface area contributed by atoms with Gasteiger partial charge in [0.15, 0.2) is 5.65 Å². The molecule has 6 heteroatoms. The Balaban J connectivity index is 2.32. The summed E-state index contributed by atoms with van der Waals surface area (Å²) in [5.41, 5.74) is 2.54. The van der Waals surface area contributed by atoms with Gasteiger partial charge in [0.1, 0.15) is 17.1 Å². The number of pyridine rings is 1. The number of hydrogen-bond acceptors (Lipinski definition) is 3. The molecular formula is C15H13BrClN3O. The van der Waals surface area contributed by atoms with Crippen LogP contribution in [0.3, 0.4) is 0 Å². The van der Waals surface area contributed by atoms with Gasteiger partial charge < -0.3 is 4.74 Å². The van der Waals surface area contributed by atoms with Gasteiger partial charge in [-0.15, -0.1) is 11.6 Å². The summed E-state index contributed by atoms with van der Waals surface area (Å²) < 4.78 is 8.44. The molecule has 0 aliphatic rings. The molecule has 0 saturated heterocycles. The maximum atomic E-state index is 5.91. The monoisotopic (exact) mass is 365 g/mol. The molecular weight excluding hydrogens is 354 g/mol. The van der Waals surface area contributed by atoms with Crippen LogP contribution in [0.2, 0.25) is 0 Å². The number of rotatable bonds is 4. The number of fused-ring (bicyclic) bond motifs is 1. The zero-order chi connectivity index (χ0) is 14.8. The summed E-state index contributed by atoms with van der Waals surface area (Å²) in [7, 11) is 1.65. The Labute approximate surface area is 135 Å². The first-order valence-electron chi connectivity index (χ1n) is 6.47. The van der Waals surface area contributed by atoms with Crippen molar-refractivity contribution in [3.63, 3.8) is 0 Å². The molecule has 3 aromatic rings. The van der Waals surface area contributed by atoms with Crippen LogP contribution in [0.1, 0.15) is 5.82 Å². The van der Waals surface area contributed by atoms with Gasteiger partial charge in [0.05, 0.1) is 12.8 Å². The molecule has 2 heterocycles. The molecule has 4 nitrogen and oxygen atoms in total. The van der Waals surface area contributed by atoms with Crippen molar-refractivity contribution in [3.05, 3.63) is 46.8 Å². The minimum atomic E-state index is 0.500. The fourth-order valence-electron chi connectivity index (χ4n) is 2.30. The molecule has 0 N–H and O–H groups in total. The topological polar surface area (TPSA) is 39.9 Å². The van der Waals surface area contributed by atoms with E-state index in [2.05, 4.69) is 25.9 Å². The van der Waals surface area contributed by atoms with Gasteiger partial charge in [-0.05, 0) is 30.3 Å². The fraction of sp³-hybridized carbons (Fsp3) is 0.200. The second-order valence-electron chi connectivity index (χ2n) is 4.46. The Bertz CT molecular complexity index is 788. The molecule has 0 aliphatic carbocycles. The summed E-state index contributed by atoms with van der Waals surface area (Å²) in [6.07, 6.45) is 2.42. The first-order chi connectivity index (χ1) is 10.2. The van der Waals surface area contributed by atoms with Crippen LogP contribution in [0.4, 0.5) is 0 Å². The van der Waals surface area contributed by atoms with Gasteiger partial charge >= 0.3 is 0 Å². The largest absolute Gasteiger partial charge is 0.495 e. The van der Waals surface area contributed by atoms with Crippen LogP contribution < -0.4 is 4.74 Å². The molecule has 0 aliphatic heterocycles. The van der Waals surface area contributed by atoms with Gasteiger partial charge in [-0.1, -0.05) is 15.9 Å². The second kappa shape index (κ2) is 6.03. The summed E-state index contributed by atoms with van der Waals surface area (Å²) in [6.45, 7) is 0. The van der Waals surface area contributed by atoms with Crippen molar-refractivity contribution in [3.8, 4) is 11.4 Å². The average molecular weight is 367 g/mol. The Morgan fingerprint density at radius 2 is 2.19 bits per heavy atom. The molecule has 1 aromatic carbocycles. The quantitative estimate of drug-likeness (QED) is 0.656. The van der Waals surface area contributed by atoms with Crippen molar-refractivity contribution in [2.24, 2.45) is 0 Å². The van der Waals surface area contributed by atoms with Crippen molar-refractivity contribution in [2.45, 2.75) is 6.42 Å². The molecule has 0 atom stereocenters. The van der Waals surface area contributed by atoms with Gasteiger partial charge in [0.2, 0.25) is 0 Å². The highest BCUT2D eigenvalue weighted by molar-refractivity contribution is 9.10. The van der Waals surface area contributed by atoms with Gasteiger partial charge in [-0.25, -0.2) is 9.97 Å². The maximum Gasteiger partial charge on any atom is 0.164 e. The number of methoxy groups -OCH3 is 1. The van der Waals surface area contributed by atoms with E-state index >= 15 is 0 Å². The Hall–Kier alpha value is -1.59. The normalized spacial score (nSPS) is 11.0. The third-order valence-corrected chi connectivity index (χ3v) is 3.87. The molecule has 0 fully saturated rings. The van der Waals surface area contributed by atoms with Crippen molar-refractivity contribution >= 4 is 38.7 Å². The van der Waals surface area contributed by atoms with E-state index in [1.807, 2.05) is 34.9 Å². The van der Waals surface area contributed by atoms with E-state index in [-0.39, 0.29) is 0 Å². The predicted molar refractivity (Wildman–Crippen MR) is 87.5 cm³/mol. The first kappa shape index (κ1) is 14.4. The highest BCUT2D eigenvalue weighted by Gasteiger charge is 2.16. The van der Waals surface area contributed by atoms with E-state index < -0.39 is 0 Å². The van der Waals surface area contributed by atoms with Crippen LogP contribution in [0.25, 0.3) is 16.9 Å². The van der Waals surface area contributed by atoms with E-state index in [1.54, 1.807) is 13.3 Å². The maximum absolute atomic E-state index is 5.91. The summed E-state index contributed by atoms with van der Waals surface area (Å²) in [4.78, 5) is 9.08. The minimum absolute atomic E-state index is 0.500. The smallest absolute Gasteiger partial charge is 0.164 e. The number of aryl methyl sites for hydroxylation is 1. The lowest BCUT2D eigenvalue weighted by Crippen LogP contribution is -2.05. The zero-order valence-corrected chi connectivity index (χ0v) is 13.7. The SMILES string of the molecule is COc1ccc(Br)cc1-n1c(CCCl)nc2cccnc21. The van der Waals surface area contributed by atoms with E-state index in [9.17, 15) is 0 Å². The highest BCUT2D eigenvalue weighted by atomic mass is 79.9. The Morgan fingerprint density at radius 3 is 2.95 bits per heavy atom. The van der Waals surface area contributed by atoms with E-state index in [4.69, 9.17) is 16.3 Å². The third kappa shape index (κ3) is 2.63. The molecule has 108 valence electrons. The third-order valence-electron chi connectivity index (χ3n) is 3.19. The molecule has 3 rings (SSSR count). The van der Waals surface area contributed by atoms with Crippen molar-refractivity contribution in [1.82, 2.24) is 14.5 Å². The number of hydrogen-bond donors (Lipinski definition) is 0. The molecule has 0 spiro atoms. The fourth-order valence-corrected chi connectivity index (χ4v) is 2.82. The van der Waals surface area contributed by atoms with Crippen LogP contribution in [0, 0.1) is 0 Å². The molecule has 0 unspecified atom stereocenters. The van der Waals surface area contributed by atoms with Crippen molar-refractivity contribution in [1.29, 1.82) is 0 Å². The van der Waals surface area contributed by atoms with Crippen molar-refractivity contribution < 1.29 is 4.74 Å². The summed E-state index contributed by atoms with van der Waals surface area (Å²) in [6, 6.07) is 9.67. The minimum Gasteiger partial charge on any atom is -0.495 e. The number of alkyl halides is 1.